The van der Waals surface area contributed by atoms with Crippen molar-refractivity contribution in [2.75, 3.05) is 18.4 Å². The zero-order chi connectivity index (χ0) is 24.6. The summed E-state index contributed by atoms with van der Waals surface area (Å²) in [7, 11) is 0. The molecule has 36 heavy (non-hydrogen) atoms. The number of aromatic nitrogens is 4. The van der Waals surface area contributed by atoms with Gasteiger partial charge in [0.1, 0.15) is 11.6 Å². The SMILES string of the molecule is CCN1CCc2nc3ccccc3c(C(=O)Nc3c(C#N)cnn3-c3ccc4ccccc4n3)c2C1. The van der Waals surface area contributed by atoms with E-state index >= 15 is 0 Å². The van der Waals surface area contributed by atoms with Gasteiger partial charge in [0.2, 0.25) is 0 Å². The first-order valence-corrected chi connectivity index (χ1v) is 11.9. The van der Waals surface area contributed by atoms with E-state index in [1.807, 2.05) is 60.7 Å². The normalized spacial score (nSPS) is 13.4. The molecular weight excluding hydrogens is 450 g/mol. The van der Waals surface area contributed by atoms with Crippen molar-refractivity contribution in [2.45, 2.75) is 19.9 Å². The molecule has 0 atom stereocenters. The number of pyridine rings is 2. The summed E-state index contributed by atoms with van der Waals surface area (Å²) in [6, 6.07) is 21.4. The van der Waals surface area contributed by atoms with E-state index in [-0.39, 0.29) is 11.5 Å². The van der Waals surface area contributed by atoms with Gasteiger partial charge < -0.3 is 5.32 Å². The fourth-order valence-corrected chi connectivity index (χ4v) is 4.84. The summed E-state index contributed by atoms with van der Waals surface area (Å²) in [5.41, 5.74) is 4.34. The fourth-order valence-electron chi connectivity index (χ4n) is 4.84. The number of hydrogen-bond donors (Lipinski definition) is 1. The standard InChI is InChI=1S/C28H23N7O/c1-2-34-14-13-24-21(17-34)26(20-8-4-6-10-23(20)31-24)28(36)33-27-19(15-29)16-30-35(27)25-12-11-18-7-3-5-9-22(18)32-25/h3-12,16H,2,13-14,17H2,1H3,(H,33,36). The Labute approximate surface area is 207 Å². The Morgan fingerprint density at radius 3 is 2.69 bits per heavy atom. The van der Waals surface area contributed by atoms with E-state index in [9.17, 15) is 10.1 Å². The molecule has 176 valence electrons. The highest BCUT2D eigenvalue weighted by molar-refractivity contribution is 6.13. The average molecular weight is 474 g/mol. The number of anilines is 1. The van der Waals surface area contributed by atoms with Crippen LogP contribution in [0.25, 0.3) is 27.6 Å². The summed E-state index contributed by atoms with van der Waals surface area (Å²) in [6.45, 7) is 4.58. The zero-order valence-corrected chi connectivity index (χ0v) is 19.8. The Kier molecular flexibility index (Phi) is 5.40. The molecule has 0 radical (unpaired) electrons. The molecular formula is C28H23N7O. The first-order valence-electron chi connectivity index (χ1n) is 11.9. The highest BCUT2D eigenvalue weighted by Gasteiger charge is 2.27. The van der Waals surface area contributed by atoms with Gasteiger partial charge in [-0.05, 0) is 30.8 Å². The summed E-state index contributed by atoms with van der Waals surface area (Å²) >= 11 is 0. The Balaban J connectivity index is 1.46. The Morgan fingerprint density at radius 1 is 1.06 bits per heavy atom. The molecule has 0 aliphatic carbocycles. The van der Waals surface area contributed by atoms with Crippen LogP contribution in [0.5, 0.6) is 0 Å². The third kappa shape index (κ3) is 3.67. The van der Waals surface area contributed by atoms with Gasteiger partial charge in [0.05, 0.1) is 22.8 Å². The van der Waals surface area contributed by atoms with Gasteiger partial charge >= 0.3 is 0 Å². The second-order valence-electron chi connectivity index (χ2n) is 8.79. The molecule has 3 aromatic heterocycles. The van der Waals surface area contributed by atoms with Crippen molar-refractivity contribution < 1.29 is 4.79 Å². The molecule has 8 heteroatoms. The fraction of sp³-hybridized carbons (Fsp3) is 0.179. The summed E-state index contributed by atoms with van der Waals surface area (Å²) in [5, 5.41) is 18.9. The highest BCUT2D eigenvalue weighted by Crippen LogP contribution is 2.30. The van der Waals surface area contributed by atoms with Crippen LogP contribution >= 0.6 is 0 Å². The number of hydrogen-bond acceptors (Lipinski definition) is 6. The van der Waals surface area contributed by atoms with Crippen LogP contribution in [0.2, 0.25) is 0 Å². The molecule has 0 saturated heterocycles. The number of benzene rings is 2. The molecule has 8 nitrogen and oxygen atoms in total. The Hall–Kier alpha value is -4.61. The highest BCUT2D eigenvalue weighted by atomic mass is 16.1. The second kappa shape index (κ2) is 8.87. The maximum atomic E-state index is 13.9. The van der Waals surface area contributed by atoms with Gasteiger partial charge in [0.25, 0.3) is 5.91 Å². The molecule has 5 aromatic rings. The number of nitriles is 1. The number of fused-ring (bicyclic) bond motifs is 3. The molecule has 4 heterocycles. The predicted octanol–water partition coefficient (Wildman–Crippen LogP) is 4.47. The average Bonchev–Trinajstić information content (AvgIpc) is 3.33. The monoisotopic (exact) mass is 473 g/mol. The largest absolute Gasteiger partial charge is 0.305 e. The minimum absolute atomic E-state index is 0.265. The van der Waals surface area contributed by atoms with Crippen molar-refractivity contribution in [2.24, 2.45) is 0 Å². The van der Waals surface area contributed by atoms with Crippen molar-refractivity contribution in [3.8, 4) is 11.9 Å². The summed E-state index contributed by atoms with van der Waals surface area (Å²) < 4.78 is 1.51. The van der Waals surface area contributed by atoms with Crippen LogP contribution in [-0.2, 0) is 13.0 Å². The lowest BCUT2D eigenvalue weighted by molar-refractivity contribution is 0.102. The predicted molar refractivity (Wildman–Crippen MR) is 138 cm³/mol. The number of rotatable bonds is 4. The van der Waals surface area contributed by atoms with Gasteiger partial charge in [0.15, 0.2) is 11.6 Å². The molecule has 0 bridgehead atoms. The van der Waals surface area contributed by atoms with Crippen LogP contribution in [0.1, 0.15) is 34.1 Å². The summed E-state index contributed by atoms with van der Waals surface area (Å²) in [6.07, 6.45) is 2.24. The molecule has 1 amide bonds. The number of nitrogens with zero attached hydrogens (tertiary/aromatic N) is 6. The smallest absolute Gasteiger partial charge is 0.257 e. The van der Waals surface area contributed by atoms with Crippen LogP contribution in [0.4, 0.5) is 5.82 Å². The van der Waals surface area contributed by atoms with Gasteiger partial charge in [-0.15, -0.1) is 0 Å². The molecule has 1 N–H and O–H groups in total. The van der Waals surface area contributed by atoms with E-state index in [0.29, 0.717) is 23.7 Å². The third-order valence-electron chi connectivity index (χ3n) is 6.72. The lowest BCUT2D eigenvalue weighted by Gasteiger charge is -2.29. The summed E-state index contributed by atoms with van der Waals surface area (Å²) in [4.78, 5) is 25.8. The van der Waals surface area contributed by atoms with Gasteiger partial charge in [-0.1, -0.05) is 43.3 Å². The van der Waals surface area contributed by atoms with Gasteiger partial charge in [-0.2, -0.15) is 15.0 Å². The van der Waals surface area contributed by atoms with Gasteiger partial charge in [0, 0.05) is 41.5 Å². The Morgan fingerprint density at radius 2 is 1.86 bits per heavy atom. The minimum atomic E-state index is -0.290. The third-order valence-corrected chi connectivity index (χ3v) is 6.72. The summed E-state index contributed by atoms with van der Waals surface area (Å²) in [5.74, 6) is 0.522. The van der Waals surface area contributed by atoms with Gasteiger partial charge in [-0.25, -0.2) is 4.98 Å². The maximum Gasteiger partial charge on any atom is 0.257 e. The number of amides is 1. The maximum absolute atomic E-state index is 13.9. The van der Waals surface area contributed by atoms with Crippen LogP contribution in [0.15, 0.2) is 66.9 Å². The first-order chi connectivity index (χ1) is 17.7. The first kappa shape index (κ1) is 21.9. The number of para-hydroxylation sites is 2. The molecule has 0 fully saturated rings. The topological polar surface area (TPSA) is 99.7 Å². The second-order valence-corrected chi connectivity index (χ2v) is 8.79. The molecule has 1 aliphatic heterocycles. The number of carbonyl (C=O) groups excluding carboxylic acids is 1. The van der Waals surface area contributed by atoms with Crippen LogP contribution in [0.3, 0.4) is 0 Å². The van der Waals surface area contributed by atoms with E-state index in [2.05, 4.69) is 28.3 Å². The molecule has 0 unspecified atom stereocenters. The van der Waals surface area contributed by atoms with E-state index in [1.165, 1.54) is 10.9 Å². The van der Waals surface area contributed by atoms with Crippen LogP contribution < -0.4 is 5.32 Å². The van der Waals surface area contributed by atoms with Crippen LogP contribution in [-0.4, -0.2) is 43.6 Å². The lowest BCUT2D eigenvalue weighted by Crippen LogP contribution is -2.33. The zero-order valence-electron chi connectivity index (χ0n) is 19.8. The van der Waals surface area contributed by atoms with Crippen molar-refractivity contribution >= 4 is 33.5 Å². The molecule has 6 rings (SSSR count). The molecule has 0 saturated carbocycles. The van der Waals surface area contributed by atoms with Crippen molar-refractivity contribution in [3.63, 3.8) is 0 Å². The number of nitrogens with one attached hydrogen (secondary N) is 1. The number of likely N-dealkylation sites (N-methyl/N-ethyl adjacent to an activating group) is 1. The molecule has 0 spiro atoms. The van der Waals surface area contributed by atoms with Gasteiger partial charge in [-0.3, -0.25) is 14.7 Å². The van der Waals surface area contributed by atoms with Crippen molar-refractivity contribution in [1.29, 1.82) is 5.26 Å². The number of carbonyl (C=O) groups is 1. The van der Waals surface area contributed by atoms with E-state index in [0.717, 1.165) is 52.6 Å². The molecule has 1 aliphatic rings. The van der Waals surface area contributed by atoms with Crippen molar-refractivity contribution in [3.05, 3.63) is 89.2 Å². The lowest BCUT2D eigenvalue weighted by atomic mass is 9.95. The quantitative estimate of drug-likeness (QED) is 0.413. The van der Waals surface area contributed by atoms with Crippen molar-refractivity contribution in [1.82, 2.24) is 24.6 Å². The van der Waals surface area contributed by atoms with Crippen LogP contribution in [0, 0.1) is 11.3 Å². The van der Waals surface area contributed by atoms with E-state index in [1.54, 1.807) is 0 Å². The van der Waals surface area contributed by atoms with E-state index in [4.69, 9.17) is 9.97 Å². The minimum Gasteiger partial charge on any atom is -0.305 e. The molecule has 2 aromatic carbocycles. The van der Waals surface area contributed by atoms with E-state index < -0.39 is 0 Å². The Bertz CT molecular complexity index is 1680.